The number of rotatable bonds is 20. The number of ether oxygens (including phenoxy) is 2. The van der Waals surface area contributed by atoms with Gasteiger partial charge in [0.05, 0.1) is 13.0 Å². The second-order valence-electron chi connectivity index (χ2n) is 10.1. The number of unbranched alkanes of at least 4 members (excludes halogenated alkanes) is 10. The highest BCUT2D eigenvalue weighted by Crippen LogP contribution is 2.24. The van der Waals surface area contributed by atoms with Gasteiger partial charge in [0.1, 0.15) is 0 Å². The van der Waals surface area contributed by atoms with Crippen molar-refractivity contribution in [2.45, 2.75) is 109 Å². The molecule has 0 aliphatic heterocycles. The molecule has 39 heavy (non-hydrogen) atoms. The first-order valence-electron chi connectivity index (χ1n) is 14.8. The van der Waals surface area contributed by atoms with E-state index in [4.69, 9.17) is 9.47 Å². The zero-order valence-electron chi connectivity index (χ0n) is 23.9. The summed E-state index contributed by atoms with van der Waals surface area (Å²) in [4.78, 5) is 38.7. The monoisotopic (exact) mass is 537 g/mol. The predicted molar refractivity (Wildman–Crippen MR) is 155 cm³/mol. The van der Waals surface area contributed by atoms with Gasteiger partial charge in [0.2, 0.25) is 5.91 Å². The van der Waals surface area contributed by atoms with Gasteiger partial charge in [-0.3, -0.25) is 9.59 Å². The van der Waals surface area contributed by atoms with Crippen LogP contribution in [0.2, 0.25) is 0 Å². The summed E-state index contributed by atoms with van der Waals surface area (Å²) in [5, 5.41) is 2.81. The normalized spacial score (nSPS) is 12.4. The Labute approximate surface area is 234 Å². The van der Waals surface area contributed by atoms with Crippen molar-refractivity contribution in [3.63, 3.8) is 0 Å². The van der Waals surface area contributed by atoms with Crippen molar-refractivity contribution in [2.24, 2.45) is 0 Å². The average Bonchev–Trinajstić information content (AvgIpc) is 2.94. The molecule has 0 fully saturated rings. The molecule has 0 saturated carbocycles. The molecule has 0 bridgehead atoms. The summed E-state index contributed by atoms with van der Waals surface area (Å²) in [6.07, 6.45) is 12.5. The number of carbonyl (C=O) groups excluding carboxylic acids is 3. The molecule has 0 heterocycles. The van der Waals surface area contributed by atoms with Gasteiger partial charge in [-0.05, 0) is 24.5 Å². The lowest BCUT2D eigenvalue weighted by Crippen LogP contribution is -2.47. The van der Waals surface area contributed by atoms with E-state index in [1.165, 1.54) is 51.4 Å². The molecular formula is C33H47NO5. The van der Waals surface area contributed by atoms with Crippen LogP contribution in [0.3, 0.4) is 0 Å². The number of esters is 2. The first kappa shape index (κ1) is 32.1. The summed E-state index contributed by atoms with van der Waals surface area (Å²) in [6, 6.07) is 17.2. The van der Waals surface area contributed by atoms with Crippen LogP contribution in [0, 0.1) is 0 Å². The summed E-state index contributed by atoms with van der Waals surface area (Å²) in [7, 11) is 0. The van der Waals surface area contributed by atoms with E-state index in [1.54, 1.807) is 19.1 Å². The second kappa shape index (κ2) is 19.9. The highest BCUT2D eigenvalue weighted by Gasteiger charge is 2.35. The number of carbonyl (C=O) groups is 3. The lowest BCUT2D eigenvalue weighted by atomic mass is 10.0. The maximum absolute atomic E-state index is 13.0. The number of hydrogen-bond acceptors (Lipinski definition) is 5. The van der Waals surface area contributed by atoms with E-state index in [0.29, 0.717) is 12.0 Å². The zero-order chi connectivity index (χ0) is 28.1. The maximum Gasteiger partial charge on any atom is 0.332 e. The zero-order valence-corrected chi connectivity index (χ0v) is 23.9. The molecule has 1 N–H and O–H groups in total. The van der Waals surface area contributed by atoms with Crippen molar-refractivity contribution in [2.75, 3.05) is 6.61 Å². The van der Waals surface area contributed by atoms with Crippen LogP contribution in [-0.2, 0) is 30.3 Å². The molecule has 6 heteroatoms. The molecule has 214 valence electrons. The van der Waals surface area contributed by atoms with Crippen LogP contribution in [0.25, 0.3) is 0 Å². The molecular weight excluding hydrogens is 490 g/mol. The SMILES string of the molecule is CCCCCCCCCCCCCC(=O)NC(C(=O)OCC)C(OC(=O)Cc1ccccc1)c1ccccc1. The Morgan fingerprint density at radius 3 is 1.82 bits per heavy atom. The van der Waals surface area contributed by atoms with E-state index >= 15 is 0 Å². The van der Waals surface area contributed by atoms with Crippen LogP contribution in [-0.4, -0.2) is 30.5 Å². The van der Waals surface area contributed by atoms with Crippen molar-refractivity contribution < 1.29 is 23.9 Å². The van der Waals surface area contributed by atoms with E-state index in [2.05, 4.69) is 12.2 Å². The first-order valence-corrected chi connectivity index (χ1v) is 14.8. The molecule has 0 saturated heterocycles. The molecule has 2 aromatic carbocycles. The Morgan fingerprint density at radius 1 is 0.718 bits per heavy atom. The minimum Gasteiger partial charge on any atom is -0.464 e. The summed E-state index contributed by atoms with van der Waals surface area (Å²) < 4.78 is 11.1. The molecule has 2 unspecified atom stereocenters. The smallest absolute Gasteiger partial charge is 0.332 e. The summed E-state index contributed by atoms with van der Waals surface area (Å²) >= 11 is 0. The number of nitrogens with one attached hydrogen (secondary N) is 1. The highest BCUT2D eigenvalue weighted by atomic mass is 16.6. The van der Waals surface area contributed by atoms with Gasteiger partial charge in [0.25, 0.3) is 0 Å². The van der Waals surface area contributed by atoms with Gasteiger partial charge in [-0.1, -0.05) is 132 Å². The van der Waals surface area contributed by atoms with Crippen molar-refractivity contribution in [1.82, 2.24) is 5.32 Å². The van der Waals surface area contributed by atoms with Crippen molar-refractivity contribution in [3.8, 4) is 0 Å². The van der Waals surface area contributed by atoms with Crippen molar-refractivity contribution in [3.05, 3.63) is 71.8 Å². The van der Waals surface area contributed by atoms with Crippen LogP contribution in [0.15, 0.2) is 60.7 Å². The fraction of sp³-hybridized carbons (Fsp3) is 0.545. The summed E-state index contributed by atoms with van der Waals surface area (Å²) in [6.45, 7) is 4.10. The van der Waals surface area contributed by atoms with Gasteiger partial charge in [-0.15, -0.1) is 0 Å². The van der Waals surface area contributed by atoms with Gasteiger partial charge in [0.15, 0.2) is 12.1 Å². The second-order valence-corrected chi connectivity index (χ2v) is 10.1. The number of hydrogen-bond donors (Lipinski definition) is 1. The third-order valence-electron chi connectivity index (χ3n) is 6.74. The van der Waals surface area contributed by atoms with E-state index in [9.17, 15) is 14.4 Å². The first-order chi connectivity index (χ1) is 19.0. The molecule has 2 rings (SSSR count). The summed E-state index contributed by atoms with van der Waals surface area (Å²) in [5.74, 6) is -1.35. The Bertz CT molecular complexity index is 947. The maximum atomic E-state index is 13.0. The standard InChI is InChI=1S/C33H47NO5/c1-3-5-6-7-8-9-10-11-12-13-20-25-29(35)34-31(33(37)38-4-2)32(28-23-18-15-19-24-28)39-30(36)26-27-21-16-14-17-22-27/h14-19,21-24,31-32H,3-13,20,25-26H2,1-2H3,(H,34,35). The molecule has 0 aliphatic carbocycles. The fourth-order valence-electron chi connectivity index (χ4n) is 4.60. The van der Waals surface area contributed by atoms with E-state index in [-0.39, 0.29) is 18.9 Å². The Hall–Kier alpha value is -3.15. The van der Waals surface area contributed by atoms with Crippen LogP contribution >= 0.6 is 0 Å². The molecule has 0 aliphatic rings. The van der Waals surface area contributed by atoms with Gasteiger partial charge in [-0.25, -0.2) is 4.79 Å². The Kier molecular flexibility index (Phi) is 16.3. The van der Waals surface area contributed by atoms with E-state index in [1.807, 2.05) is 48.5 Å². The summed E-state index contributed by atoms with van der Waals surface area (Å²) in [5.41, 5.74) is 1.43. The quantitative estimate of drug-likeness (QED) is 0.142. The topological polar surface area (TPSA) is 81.7 Å². The molecule has 2 aromatic rings. The Morgan fingerprint density at radius 2 is 1.26 bits per heavy atom. The third kappa shape index (κ3) is 13.5. The molecule has 2 atom stereocenters. The molecule has 1 amide bonds. The van der Waals surface area contributed by atoms with Crippen LogP contribution in [0.1, 0.15) is 108 Å². The van der Waals surface area contributed by atoms with Gasteiger partial charge >= 0.3 is 11.9 Å². The largest absolute Gasteiger partial charge is 0.464 e. The Balaban J connectivity index is 1.92. The fourth-order valence-corrected chi connectivity index (χ4v) is 4.60. The number of benzene rings is 2. The van der Waals surface area contributed by atoms with Crippen LogP contribution < -0.4 is 5.32 Å². The van der Waals surface area contributed by atoms with Crippen LogP contribution in [0.4, 0.5) is 0 Å². The molecule has 0 aromatic heterocycles. The lowest BCUT2D eigenvalue weighted by Gasteiger charge is -2.27. The van der Waals surface area contributed by atoms with Crippen LogP contribution in [0.5, 0.6) is 0 Å². The molecule has 0 radical (unpaired) electrons. The van der Waals surface area contributed by atoms with Gasteiger partial charge < -0.3 is 14.8 Å². The van der Waals surface area contributed by atoms with Gasteiger partial charge in [0, 0.05) is 6.42 Å². The van der Waals surface area contributed by atoms with Crippen molar-refractivity contribution in [1.29, 1.82) is 0 Å². The van der Waals surface area contributed by atoms with E-state index < -0.39 is 24.1 Å². The molecule has 0 spiro atoms. The number of amides is 1. The van der Waals surface area contributed by atoms with E-state index in [0.717, 1.165) is 24.8 Å². The lowest BCUT2D eigenvalue weighted by molar-refractivity contribution is -0.160. The molecule has 6 nitrogen and oxygen atoms in total. The third-order valence-corrected chi connectivity index (χ3v) is 6.74. The minimum atomic E-state index is -1.13. The average molecular weight is 538 g/mol. The highest BCUT2D eigenvalue weighted by molar-refractivity contribution is 5.85. The minimum absolute atomic E-state index is 0.0619. The predicted octanol–water partition coefficient (Wildman–Crippen LogP) is 7.26. The van der Waals surface area contributed by atoms with Gasteiger partial charge in [-0.2, -0.15) is 0 Å². The van der Waals surface area contributed by atoms with Crippen molar-refractivity contribution >= 4 is 17.8 Å².